The molecule has 198 valence electrons. The summed E-state index contributed by atoms with van der Waals surface area (Å²) in [5.74, 6) is -1.16. The second kappa shape index (κ2) is 13.4. The van der Waals surface area contributed by atoms with Crippen LogP contribution in [-0.4, -0.2) is 34.2 Å². The van der Waals surface area contributed by atoms with E-state index >= 15 is 0 Å². The third-order valence-electron chi connectivity index (χ3n) is 5.81. The van der Waals surface area contributed by atoms with E-state index < -0.39 is 18.1 Å². The number of carboxylic acids is 1. The van der Waals surface area contributed by atoms with E-state index in [0.29, 0.717) is 12.2 Å². The monoisotopic (exact) mass is 524 g/mol. The molecule has 9 heteroatoms. The number of nitrogens with zero attached hydrogens (tertiary/aromatic N) is 1. The van der Waals surface area contributed by atoms with Crippen LogP contribution in [-0.2, 0) is 29.1 Å². The molecule has 0 fully saturated rings. The highest BCUT2D eigenvalue weighted by atomic mass is 16.5. The Morgan fingerprint density at radius 1 is 0.821 bits per heavy atom. The van der Waals surface area contributed by atoms with Crippen LogP contribution in [0.1, 0.15) is 16.8 Å². The standard InChI is InChI=1S/C30H28N4O5/c35-28(36)27(34-30(38)39-20-22-7-2-1-3-8-22)17-21-12-14-23(15-13-21)24-9-6-11-25(18-24)33-29(37)32-19-26-10-4-5-16-31-26/h1-16,18,27H,17,19-20H2,(H,34,38)(H,35,36)(H2,32,33,37). The predicted molar refractivity (Wildman–Crippen MR) is 147 cm³/mol. The van der Waals surface area contributed by atoms with E-state index in [-0.39, 0.29) is 19.1 Å². The highest BCUT2D eigenvalue weighted by Crippen LogP contribution is 2.23. The summed E-state index contributed by atoms with van der Waals surface area (Å²) in [6, 6.07) is 27.9. The topological polar surface area (TPSA) is 130 Å². The lowest BCUT2D eigenvalue weighted by Crippen LogP contribution is -2.42. The van der Waals surface area contributed by atoms with Gasteiger partial charge >= 0.3 is 18.1 Å². The van der Waals surface area contributed by atoms with Crippen LogP contribution < -0.4 is 16.0 Å². The molecule has 3 amide bonds. The summed E-state index contributed by atoms with van der Waals surface area (Å²) in [6.07, 6.45) is 0.966. The first kappa shape index (κ1) is 26.9. The van der Waals surface area contributed by atoms with Gasteiger partial charge in [-0.15, -0.1) is 0 Å². The molecule has 0 saturated carbocycles. The molecule has 39 heavy (non-hydrogen) atoms. The fourth-order valence-corrected chi connectivity index (χ4v) is 3.80. The van der Waals surface area contributed by atoms with Gasteiger partial charge in [0.05, 0.1) is 12.2 Å². The molecule has 0 bridgehead atoms. The molecule has 1 unspecified atom stereocenters. The van der Waals surface area contributed by atoms with Crippen LogP contribution in [0.4, 0.5) is 15.3 Å². The number of nitrogens with one attached hydrogen (secondary N) is 3. The number of benzene rings is 3. The average molecular weight is 525 g/mol. The molecule has 0 aliphatic heterocycles. The summed E-state index contributed by atoms with van der Waals surface area (Å²) in [4.78, 5) is 40.4. The van der Waals surface area contributed by atoms with Crippen molar-refractivity contribution < 1.29 is 24.2 Å². The number of anilines is 1. The van der Waals surface area contributed by atoms with Crippen molar-refractivity contribution in [3.8, 4) is 11.1 Å². The maximum absolute atomic E-state index is 12.3. The summed E-state index contributed by atoms with van der Waals surface area (Å²) in [5, 5.41) is 17.6. The second-order valence-corrected chi connectivity index (χ2v) is 8.71. The van der Waals surface area contributed by atoms with E-state index in [1.165, 1.54) is 0 Å². The van der Waals surface area contributed by atoms with Crippen LogP contribution in [0.2, 0.25) is 0 Å². The van der Waals surface area contributed by atoms with Crippen LogP contribution in [0.5, 0.6) is 0 Å². The Morgan fingerprint density at radius 2 is 1.59 bits per heavy atom. The lowest BCUT2D eigenvalue weighted by Gasteiger charge is -2.15. The van der Waals surface area contributed by atoms with E-state index in [4.69, 9.17) is 4.74 Å². The minimum Gasteiger partial charge on any atom is -0.480 e. The molecule has 0 aliphatic carbocycles. The summed E-state index contributed by atoms with van der Waals surface area (Å²) < 4.78 is 5.15. The van der Waals surface area contributed by atoms with Crippen molar-refractivity contribution in [1.82, 2.24) is 15.6 Å². The third kappa shape index (κ3) is 8.43. The van der Waals surface area contributed by atoms with Crippen LogP contribution >= 0.6 is 0 Å². The van der Waals surface area contributed by atoms with Gasteiger partial charge in [-0.2, -0.15) is 0 Å². The minimum atomic E-state index is -1.16. The lowest BCUT2D eigenvalue weighted by atomic mass is 10.0. The zero-order chi connectivity index (χ0) is 27.5. The van der Waals surface area contributed by atoms with Gasteiger partial charge in [-0.3, -0.25) is 4.98 Å². The summed E-state index contributed by atoms with van der Waals surface area (Å²) in [7, 11) is 0. The van der Waals surface area contributed by atoms with Gasteiger partial charge in [0.15, 0.2) is 0 Å². The highest BCUT2D eigenvalue weighted by Gasteiger charge is 2.21. The Labute approximate surface area is 225 Å². The maximum atomic E-state index is 12.3. The molecule has 1 aromatic heterocycles. The van der Waals surface area contributed by atoms with E-state index in [0.717, 1.165) is 27.9 Å². The molecule has 0 saturated heterocycles. The molecule has 3 aromatic carbocycles. The summed E-state index contributed by atoms with van der Waals surface area (Å²) in [5.41, 5.74) is 4.68. The molecule has 1 heterocycles. The fourth-order valence-electron chi connectivity index (χ4n) is 3.80. The van der Waals surface area contributed by atoms with Gasteiger partial charge in [0, 0.05) is 18.3 Å². The van der Waals surface area contributed by atoms with Gasteiger partial charge in [0.2, 0.25) is 0 Å². The minimum absolute atomic E-state index is 0.0491. The quantitative estimate of drug-likeness (QED) is 0.231. The summed E-state index contributed by atoms with van der Waals surface area (Å²) in [6.45, 7) is 0.359. The Bertz CT molecular complexity index is 1400. The van der Waals surface area contributed by atoms with Crippen LogP contribution in [0, 0.1) is 0 Å². The molecule has 4 N–H and O–H groups in total. The number of aromatic nitrogens is 1. The number of rotatable bonds is 10. The first-order valence-electron chi connectivity index (χ1n) is 12.3. The maximum Gasteiger partial charge on any atom is 0.408 e. The number of hydrogen-bond acceptors (Lipinski definition) is 5. The number of pyridine rings is 1. The molecule has 0 aliphatic rings. The first-order chi connectivity index (χ1) is 19.0. The molecule has 9 nitrogen and oxygen atoms in total. The van der Waals surface area contributed by atoms with Gasteiger partial charge in [0.1, 0.15) is 12.6 Å². The number of aliphatic carboxylic acids is 1. The molecule has 0 spiro atoms. The molecular formula is C30H28N4O5. The van der Waals surface area contributed by atoms with Gasteiger partial charge in [0.25, 0.3) is 0 Å². The predicted octanol–water partition coefficient (Wildman–Crippen LogP) is 4.99. The Hall–Kier alpha value is -5.18. The normalized spacial score (nSPS) is 11.2. The van der Waals surface area contributed by atoms with Crippen molar-refractivity contribution in [2.24, 2.45) is 0 Å². The molecular weight excluding hydrogens is 496 g/mol. The number of carbonyl (C=O) groups is 3. The number of amides is 3. The Kier molecular flexibility index (Phi) is 9.22. The van der Waals surface area contributed by atoms with Crippen LogP contribution in [0.25, 0.3) is 11.1 Å². The summed E-state index contributed by atoms with van der Waals surface area (Å²) >= 11 is 0. The molecule has 4 rings (SSSR count). The largest absolute Gasteiger partial charge is 0.480 e. The number of alkyl carbamates (subject to hydrolysis) is 1. The van der Waals surface area contributed by atoms with Crippen LogP contribution in [0.3, 0.4) is 0 Å². The van der Waals surface area contributed by atoms with Crippen molar-refractivity contribution in [1.29, 1.82) is 0 Å². The first-order valence-corrected chi connectivity index (χ1v) is 12.3. The number of ether oxygens (including phenoxy) is 1. The van der Waals surface area contributed by atoms with Crippen molar-refractivity contribution in [2.75, 3.05) is 5.32 Å². The zero-order valence-corrected chi connectivity index (χ0v) is 21.0. The Balaban J connectivity index is 1.31. The lowest BCUT2D eigenvalue weighted by molar-refractivity contribution is -0.139. The molecule has 4 aromatic rings. The second-order valence-electron chi connectivity index (χ2n) is 8.71. The molecule has 0 radical (unpaired) electrons. The van der Waals surface area contributed by atoms with E-state index in [1.54, 1.807) is 12.3 Å². The van der Waals surface area contributed by atoms with E-state index in [1.807, 2.05) is 91.0 Å². The third-order valence-corrected chi connectivity index (χ3v) is 5.81. The Morgan fingerprint density at radius 3 is 2.31 bits per heavy atom. The smallest absolute Gasteiger partial charge is 0.408 e. The van der Waals surface area contributed by atoms with E-state index in [9.17, 15) is 19.5 Å². The SMILES string of the molecule is O=C(NCc1ccccn1)Nc1cccc(-c2ccc(CC(NC(=O)OCc3ccccc3)C(=O)O)cc2)c1. The fraction of sp³-hybridized carbons (Fsp3) is 0.133. The molecule has 1 atom stereocenters. The van der Waals surface area contributed by atoms with Crippen molar-refractivity contribution in [3.05, 3.63) is 120 Å². The number of hydrogen-bond donors (Lipinski definition) is 4. The number of carbonyl (C=O) groups excluding carboxylic acids is 2. The van der Waals surface area contributed by atoms with Crippen molar-refractivity contribution in [2.45, 2.75) is 25.6 Å². The highest BCUT2D eigenvalue weighted by molar-refractivity contribution is 5.90. The average Bonchev–Trinajstić information content (AvgIpc) is 2.96. The van der Waals surface area contributed by atoms with Gasteiger partial charge in [-0.05, 0) is 46.5 Å². The van der Waals surface area contributed by atoms with Gasteiger partial charge < -0.3 is 25.8 Å². The van der Waals surface area contributed by atoms with Crippen molar-refractivity contribution in [3.63, 3.8) is 0 Å². The van der Waals surface area contributed by atoms with Gasteiger partial charge in [-0.1, -0.05) is 72.8 Å². The zero-order valence-electron chi connectivity index (χ0n) is 21.0. The number of urea groups is 1. The van der Waals surface area contributed by atoms with E-state index in [2.05, 4.69) is 20.9 Å². The number of carboxylic acid groups (broad SMARTS) is 1. The van der Waals surface area contributed by atoms with Gasteiger partial charge in [-0.25, -0.2) is 14.4 Å². The van der Waals surface area contributed by atoms with Crippen molar-refractivity contribution >= 4 is 23.8 Å². The van der Waals surface area contributed by atoms with Crippen LogP contribution in [0.15, 0.2) is 103 Å².